The van der Waals surface area contributed by atoms with Gasteiger partial charge in [0, 0.05) is 49.7 Å². The molecule has 1 fully saturated rings. The fraction of sp³-hybridized carbons (Fsp3) is 0.421. The maximum atomic E-state index is 12.5. The number of nitrogens with one attached hydrogen (secondary N) is 1. The van der Waals surface area contributed by atoms with Crippen molar-refractivity contribution in [1.82, 2.24) is 29.9 Å². The van der Waals surface area contributed by atoms with Crippen LogP contribution in [-0.2, 0) is 17.8 Å². The Bertz CT molecular complexity index is 916. The second-order valence-corrected chi connectivity index (χ2v) is 6.77. The molecule has 0 aromatic carbocycles. The highest BCUT2D eigenvalue weighted by Gasteiger charge is 2.26. The van der Waals surface area contributed by atoms with Gasteiger partial charge in [0.25, 0.3) is 5.78 Å². The van der Waals surface area contributed by atoms with Crippen molar-refractivity contribution in [3.63, 3.8) is 0 Å². The van der Waals surface area contributed by atoms with Crippen LogP contribution in [0.5, 0.6) is 0 Å². The first-order valence-electron chi connectivity index (χ1n) is 9.36. The van der Waals surface area contributed by atoms with E-state index in [2.05, 4.69) is 43.3 Å². The van der Waals surface area contributed by atoms with Gasteiger partial charge in [-0.2, -0.15) is 14.6 Å². The molecule has 3 aromatic rings. The van der Waals surface area contributed by atoms with Crippen LogP contribution in [0.1, 0.15) is 31.0 Å². The van der Waals surface area contributed by atoms with Crippen LogP contribution in [0.25, 0.3) is 5.78 Å². The van der Waals surface area contributed by atoms with Crippen molar-refractivity contribution < 1.29 is 4.79 Å². The summed E-state index contributed by atoms with van der Waals surface area (Å²) >= 11 is 0. The lowest BCUT2D eigenvalue weighted by atomic mass is 9.96. The molecule has 0 atom stereocenters. The summed E-state index contributed by atoms with van der Waals surface area (Å²) in [6.45, 7) is 4.23. The molecule has 1 aliphatic heterocycles. The summed E-state index contributed by atoms with van der Waals surface area (Å²) in [7, 11) is 0. The molecule has 1 amide bonds. The van der Waals surface area contributed by atoms with Gasteiger partial charge in [0.15, 0.2) is 0 Å². The van der Waals surface area contributed by atoms with Crippen molar-refractivity contribution in [3.05, 3.63) is 48.2 Å². The normalized spacial score (nSPS) is 15.2. The van der Waals surface area contributed by atoms with E-state index in [-0.39, 0.29) is 11.8 Å². The summed E-state index contributed by atoms with van der Waals surface area (Å²) in [6, 6.07) is 5.92. The summed E-state index contributed by atoms with van der Waals surface area (Å²) in [6.07, 6.45) is 7.53. The number of carbonyl (C=O) groups excluding carboxylic acids is 1. The van der Waals surface area contributed by atoms with Crippen molar-refractivity contribution in [1.29, 1.82) is 0 Å². The number of anilines is 1. The quantitative estimate of drug-likeness (QED) is 0.739. The van der Waals surface area contributed by atoms with Crippen LogP contribution in [0, 0.1) is 5.92 Å². The summed E-state index contributed by atoms with van der Waals surface area (Å²) in [5.41, 5.74) is 2.02. The third-order valence-corrected chi connectivity index (χ3v) is 5.03. The number of piperidine rings is 1. The Balaban J connectivity index is 1.39. The van der Waals surface area contributed by atoms with Gasteiger partial charge < -0.3 is 10.2 Å². The van der Waals surface area contributed by atoms with Gasteiger partial charge in [-0.1, -0.05) is 13.0 Å². The fourth-order valence-corrected chi connectivity index (χ4v) is 3.46. The van der Waals surface area contributed by atoms with E-state index < -0.39 is 0 Å². The minimum Gasteiger partial charge on any atom is -0.356 e. The molecule has 4 rings (SSSR count). The second kappa shape index (κ2) is 7.69. The number of aryl methyl sites for hydroxylation is 1. The number of hydrogen-bond acceptors (Lipinski definition) is 6. The molecule has 140 valence electrons. The van der Waals surface area contributed by atoms with Crippen molar-refractivity contribution in [2.24, 2.45) is 5.92 Å². The Morgan fingerprint density at radius 2 is 2.19 bits per heavy atom. The van der Waals surface area contributed by atoms with Crippen LogP contribution < -0.4 is 10.2 Å². The molecule has 1 aliphatic rings. The van der Waals surface area contributed by atoms with Crippen LogP contribution in [0.4, 0.5) is 5.82 Å². The van der Waals surface area contributed by atoms with E-state index >= 15 is 0 Å². The number of carbonyl (C=O) groups is 1. The predicted molar refractivity (Wildman–Crippen MR) is 101 cm³/mol. The number of nitrogens with zero attached hydrogens (tertiary/aromatic N) is 6. The number of fused-ring (bicyclic) bond motifs is 1. The second-order valence-electron chi connectivity index (χ2n) is 6.77. The molecule has 1 N–H and O–H groups in total. The van der Waals surface area contributed by atoms with Crippen LogP contribution in [-0.4, -0.2) is 43.6 Å². The lowest BCUT2D eigenvalue weighted by Gasteiger charge is -2.33. The van der Waals surface area contributed by atoms with Crippen LogP contribution in [0.15, 0.2) is 36.9 Å². The van der Waals surface area contributed by atoms with E-state index in [1.807, 2.05) is 12.1 Å². The Morgan fingerprint density at radius 1 is 1.33 bits per heavy atom. The van der Waals surface area contributed by atoms with Crippen LogP contribution in [0.3, 0.4) is 0 Å². The third kappa shape index (κ3) is 3.74. The molecule has 0 bridgehead atoms. The number of rotatable bonds is 5. The fourth-order valence-electron chi connectivity index (χ4n) is 3.46. The molecule has 0 radical (unpaired) electrons. The molecule has 0 unspecified atom stereocenters. The lowest BCUT2D eigenvalue weighted by molar-refractivity contribution is -0.125. The maximum absolute atomic E-state index is 12.5. The largest absolute Gasteiger partial charge is 0.356 e. The van der Waals surface area contributed by atoms with Gasteiger partial charge in [-0.15, -0.1) is 0 Å². The van der Waals surface area contributed by atoms with Gasteiger partial charge in [0.2, 0.25) is 5.91 Å². The molecule has 1 saturated heterocycles. The molecular weight excluding hydrogens is 342 g/mol. The molecule has 8 heteroatoms. The number of amides is 1. The topological polar surface area (TPSA) is 88.3 Å². The highest BCUT2D eigenvalue weighted by molar-refractivity contribution is 5.79. The lowest BCUT2D eigenvalue weighted by Crippen LogP contribution is -2.41. The Kier molecular flexibility index (Phi) is 4.95. The summed E-state index contributed by atoms with van der Waals surface area (Å²) in [4.78, 5) is 27.6. The van der Waals surface area contributed by atoms with E-state index in [0.29, 0.717) is 12.3 Å². The molecular formula is C19H23N7O. The van der Waals surface area contributed by atoms with Gasteiger partial charge in [0.1, 0.15) is 12.1 Å². The van der Waals surface area contributed by atoms with E-state index in [0.717, 1.165) is 49.4 Å². The number of pyridine rings is 1. The van der Waals surface area contributed by atoms with Gasteiger partial charge >= 0.3 is 0 Å². The predicted octanol–water partition coefficient (Wildman–Crippen LogP) is 1.61. The third-order valence-electron chi connectivity index (χ3n) is 5.03. The first kappa shape index (κ1) is 17.4. The summed E-state index contributed by atoms with van der Waals surface area (Å²) in [5.74, 6) is 1.79. The average molecular weight is 365 g/mol. The highest BCUT2D eigenvalue weighted by Crippen LogP contribution is 2.24. The zero-order chi connectivity index (χ0) is 18.6. The molecule has 8 nitrogen and oxygen atoms in total. The molecule has 0 spiro atoms. The maximum Gasteiger partial charge on any atom is 0.254 e. The minimum atomic E-state index is 0.0386. The van der Waals surface area contributed by atoms with Crippen molar-refractivity contribution >= 4 is 17.5 Å². The molecule has 0 saturated carbocycles. The zero-order valence-electron chi connectivity index (χ0n) is 15.4. The van der Waals surface area contributed by atoms with E-state index in [9.17, 15) is 4.79 Å². The molecule has 0 aliphatic carbocycles. The SMILES string of the molecule is CCc1cc(N2CCC(C(=O)NCc3cccnc3)CC2)n2ncnc2n1. The van der Waals surface area contributed by atoms with E-state index in [1.54, 1.807) is 16.9 Å². The van der Waals surface area contributed by atoms with Crippen molar-refractivity contribution in [2.45, 2.75) is 32.7 Å². The van der Waals surface area contributed by atoms with Crippen molar-refractivity contribution in [2.75, 3.05) is 18.0 Å². The van der Waals surface area contributed by atoms with Gasteiger partial charge in [-0.05, 0) is 30.9 Å². The van der Waals surface area contributed by atoms with Crippen LogP contribution in [0.2, 0.25) is 0 Å². The Hall–Kier alpha value is -3.03. The highest BCUT2D eigenvalue weighted by atomic mass is 16.1. The smallest absolute Gasteiger partial charge is 0.254 e. The van der Waals surface area contributed by atoms with E-state index in [4.69, 9.17) is 0 Å². The van der Waals surface area contributed by atoms with Gasteiger partial charge in [-0.25, -0.2) is 4.98 Å². The van der Waals surface area contributed by atoms with Gasteiger partial charge in [0.05, 0.1) is 0 Å². The monoisotopic (exact) mass is 365 g/mol. The average Bonchev–Trinajstić information content (AvgIpc) is 3.21. The zero-order valence-corrected chi connectivity index (χ0v) is 15.4. The molecule has 27 heavy (non-hydrogen) atoms. The Morgan fingerprint density at radius 3 is 2.93 bits per heavy atom. The molecule has 3 aromatic heterocycles. The molecule has 4 heterocycles. The standard InChI is InChI=1S/C19H23N7O/c1-2-16-10-17(26-19(24-16)22-13-23-26)25-8-5-15(6-9-25)18(27)21-12-14-4-3-7-20-11-14/h3-4,7,10-11,13,15H,2,5-6,8-9,12H2,1H3,(H,21,27). The van der Waals surface area contributed by atoms with Crippen LogP contribution >= 0.6 is 0 Å². The van der Waals surface area contributed by atoms with E-state index in [1.165, 1.54) is 6.33 Å². The first-order chi connectivity index (χ1) is 13.2. The minimum absolute atomic E-state index is 0.0386. The summed E-state index contributed by atoms with van der Waals surface area (Å²) < 4.78 is 1.78. The first-order valence-corrected chi connectivity index (χ1v) is 9.36. The summed E-state index contributed by atoms with van der Waals surface area (Å²) in [5, 5.41) is 7.33. The van der Waals surface area contributed by atoms with Gasteiger partial charge in [-0.3, -0.25) is 9.78 Å². The Labute approximate surface area is 157 Å². The van der Waals surface area contributed by atoms with Crippen molar-refractivity contribution in [3.8, 4) is 0 Å². The number of hydrogen-bond donors (Lipinski definition) is 1. The number of aromatic nitrogens is 5.